The molecule has 1 amide bonds. The molecule has 122 valence electrons. The van der Waals surface area contributed by atoms with Gasteiger partial charge in [-0.15, -0.1) is 16.8 Å². The molecule has 0 aliphatic carbocycles. The highest BCUT2D eigenvalue weighted by Gasteiger charge is 2.33. The lowest BCUT2D eigenvalue weighted by Gasteiger charge is -2.11. The van der Waals surface area contributed by atoms with Crippen LogP contribution in [0.25, 0.3) is 6.08 Å². The van der Waals surface area contributed by atoms with E-state index in [2.05, 4.69) is 21.8 Å². The van der Waals surface area contributed by atoms with E-state index in [9.17, 15) is 9.90 Å². The normalized spacial score (nSPS) is 17.9. The van der Waals surface area contributed by atoms with Gasteiger partial charge in [0.15, 0.2) is 5.17 Å². The van der Waals surface area contributed by atoms with Crippen molar-refractivity contribution in [1.82, 2.24) is 15.1 Å². The number of phenolic OH excluding ortho intramolecular Hbond substituents is 1. The van der Waals surface area contributed by atoms with E-state index in [1.54, 1.807) is 36.4 Å². The zero-order chi connectivity index (χ0) is 17.1. The number of amides is 1. The number of aryl methyl sites for hydroxylation is 1. The summed E-state index contributed by atoms with van der Waals surface area (Å²) in [5.41, 5.74) is 0.583. The Morgan fingerprint density at radius 3 is 2.83 bits per heavy atom. The van der Waals surface area contributed by atoms with E-state index in [0.29, 0.717) is 27.3 Å². The number of benzene rings is 1. The minimum Gasteiger partial charge on any atom is -0.507 e. The Balaban J connectivity index is 1.96. The first-order valence-corrected chi connectivity index (χ1v) is 8.71. The first kappa shape index (κ1) is 16.4. The maximum Gasteiger partial charge on any atom is 0.267 e. The van der Waals surface area contributed by atoms with Crippen LogP contribution in [0.3, 0.4) is 0 Å². The third kappa shape index (κ3) is 3.39. The van der Waals surface area contributed by atoms with E-state index in [0.717, 1.165) is 5.01 Å². The van der Waals surface area contributed by atoms with Crippen molar-refractivity contribution in [2.24, 2.45) is 4.99 Å². The molecular weight excluding hydrogens is 344 g/mol. The number of hydrogen-bond donors (Lipinski definition) is 1. The van der Waals surface area contributed by atoms with Crippen LogP contribution in [-0.4, -0.2) is 37.8 Å². The van der Waals surface area contributed by atoms with E-state index in [-0.39, 0.29) is 11.7 Å². The second-order valence-electron chi connectivity index (χ2n) is 4.87. The highest BCUT2D eigenvalue weighted by Crippen LogP contribution is 2.35. The number of aromatic nitrogens is 2. The van der Waals surface area contributed by atoms with Crippen molar-refractivity contribution in [2.45, 2.75) is 6.92 Å². The van der Waals surface area contributed by atoms with E-state index in [1.165, 1.54) is 28.0 Å². The number of rotatable bonds is 4. The third-order valence-corrected chi connectivity index (χ3v) is 4.87. The molecule has 0 atom stereocenters. The Bertz CT molecular complexity index is 857. The molecule has 6 nitrogen and oxygen atoms in total. The van der Waals surface area contributed by atoms with Gasteiger partial charge in [-0.25, -0.2) is 0 Å². The predicted molar refractivity (Wildman–Crippen MR) is 97.3 cm³/mol. The Hall–Kier alpha value is -2.45. The number of nitrogens with zero attached hydrogens (tertiary/aromatic N) is 4. The zero-order valence-electron chi connectivity index (χ0n) is 12.8. The smallest absolute Gasteiger partial charge is 0.267 e. The molecule has 1 fully saturated rings. The molecule has 0 bridgehead atoms. The van der Waals surface area contributed by atoms with Gasteiger partial charge >= 0.3 is 0 Å². The molecule has 1 aromatic carbocycles. The zero-order valence-corrected chi connectivity index (χ0v) is 14.5. The summed E-state index contributed by atoms with van der Waals surface area (Å²) < 4.78 is 0. The predicted octanol–water partition coefficient (Wildman–Crippen LogP) is 3.34. The largest absolute Gasteiger partial charge is 0.507 e. The summed E-state index contributed by atoms with van der Waals surface area (Å²) in [5.74, 6) is -0.0538. The topological polar surface area (TPSA) is 78.7 Å². The van der Waals surface area contributed by atoms with Crippen LogP contribution in [0.5, 0.6) is 5.75 Å². The van der Waals surface area contributed by atoms with E-state index in [1.807, 2.05) is 6.92 Å². The molecule has 1 aromatic heterocycles. The molecule has 1 N–H and O–H groups in total. The highest BCUT2D eigenvalue weighted by molar-refractivity contribution is 8.18. The number of aliphatic imine (C=N–C) groups is 1. The lowest BCUT2D eigenvalue weighted by Crippen LogP contribution is -2.29. The molecule has 0 saturated carbocycles. The lowest BCUT2D eigenvalue weighted by atomic mass is 10.2. The minimum absolute atomic E-state index is 0.124. The second kappa shape index (κ2) is 6.98. The SMILES string of the molecule is C=CCN1C(=O)/C(=C/c2ccccc2O)S/C1=N/c1nnc(C)s1. The Morgan fingerprint density at radius 1 is 1.38 bits per heavy atom. The van der Waals surface area contributed by atoms with Crippen LogP contribution >= 0.6 is 23.1 Å². The number of aromatic hydroxyl groups is 1. The molecule has 0 unspecified atom stereocenters. The van der Waals surface area contributed by atoms with Gasteiger partial charge in [0.1, 0.15) is 10.8 Å². The molecular formula is C16H14N4O2S2. The van der Waals surface area contributed by atoms with Crippen molar-refractivity contribution in [3.8, 4) is 5.75 Å². The maximum atomic E-state index is 12.6. The van der Waals surface area contributed by atoms with Crippen LogP contribution in [0, 0.1) is 6.92 Å². The Morgan fingerprint density at radius 2 is 2.17 bits per heavy atom. The summed E-state index contributed by atoms with van der Waals surface area (Å²) in [5, 5.41) is 19.6. The average Bonchev–Trinajstić information content (AvgIpc) is 3.09. The van der Waals surface area contributed by atoms with Gasteiger partial charge in [-0.1, -0.05) is 35.6 Å². The second-order valence-corrected chi connectivity index (χ2v) is 7.04. The fourth-order valence-electron chi connectivity index (χ4n) is 2.05. The molecule has 2 aromatic rings. The van der Waals surface area contributed by atoms with Gasteiger partial charge in [-0.05, 0) is 30.8 Å². The third-order valence-electron chi connectivity index (χ3n) is 3.13. The van der Waals surface area contributed by atoms with Crippen molar-refractivity contribution in [3.05, 3.63) is 52.4 Å². The lowest BCUT2D eigenvalue weighted by molar-refractivity contribution is -0.121. The number of para-hydroxylation sites is 1. The Kier molecular flexibility index (Phi) is 4.77. The molecule has 3 rings (SSSR count). The van der Waals surface area contributed by atoms with Gasteiger partial charge in [0, 0.05) is 12.1 Å². The minimum atomic E-state index is -0.178. The quantitative estimate of drug-likeness (QED) is 0.670. The number of thioether (sulfide) groups is 1. The van der Waals surface area contributed by atoms with Gasteiger partial charge in [-0.3, -0.25) is 9.69 Å². The van der Waals surface area contributed by atoms with Crippen LogP contribution in [0.4, 0.5) is 5.13 Å². The van der Waals surface area contributed by atoms with Gasteiger partial charge < -0.3 is 5.11 Å². The summed E-state index contributed by atoms with van der Waals surface area (Å²) in [7, 11) is 0. The van der Waals surface area contributed by atoms with Crippen molar-refractivity contribution < 1.29 is 9.90 Å². The molecule has 1 saturated heterocycles. The first-order valence-electron chi connectivity index (χ1n) is 7.07. The van der Waals surface area contributed by atoms with Crippen molar-refractivity contribution in [1.29, 1.82) is 0 Å². The highest BCUT2D eigenvalue weighted by atomic mass is 32.2. The Labute approximate surface area is 147 Å². The van der Waals surface area contributed by atoms with Crippen LogP contribution in [0.2, 0.25) is 0 Å². The molecule has 0 radical (unpaired) electrons. The van der Waals surface area contributed by atoms with Gasteiger partial charge in [0.25, 0.3) is 5.91 Å². The summed E-state index contributed by atoms with van der Waals surface area (Å²) >= 11 is 2.60. The molecule has 1 aliphatic rings. The number of amidine groups is 1. The summed E-state index contributed by atoms with van der Waals surface area (Å²) in [6, 6.07) is 6.86. The molecule has 24 heavy (non-hydrogen) atoms. The summed E-state index contributed by atoms with van der Waals surface area (Å²) in [6.07, 6.45) is 3.30. The maximum absolute atomic E-state index is 12.6. The fraction of sp³-hybridized carbons (Fsp3) is 0.125. The molecule has 0 spiro atoms. The van der Waals surface area contributed by atoms with E-state index >= 15 is 0 Å². The summed E-state index contributed by atoms with van der Waals surface area (Å²) in [6.45, 7) is 5.88. The van der Waals surface area contributed by atoms with E-state index < -0.39 is 0 Å². The fourth-order valence-corrected chi connectivity index (χ4v) is 3.64. The molecule has 2 heterocycles. The van der Waals surface area contributed by atoms with Gasteiger partial charge in [0.05, 0.1) is 4.91 Å². The van der Waals surface area contributed by atoms with Gasteiger partial charge in [0.2, 0.25) is 5.13 Å². The number of hydrogen-bond acceptors (Lipinski definition) is 7. The number of carbonyl (C=O) groups excluding carboxylic acids is 1. The molecule has 8 heteroatoms. The number of carbonyl (C=O) groups is 1. The van der Waals surface area contributed by atoms with Crippen LogP contribution < -0.4 is 0 Å². The molecule has 1 aliphatic heterocycles. The monoisotopic (exact) mass is 358 g/mol. The van der Waals surface area contributed by atoms with E-state index in [4.69, 9.17) is 0 Å². The van der Waals surface area contributed by atoms with Crippen LogP contribution in [-0.2, 0) is 4.79 Å². The first-order chi connectivity index (χ1) is 11.6. The number of phenols is 1. The van der Waals surface area contributed by atoms with Gasteiger partial charge in [-0.2, -0.15) is 4.99 Å². The summed E-state index contributed by atoms with van der Waals surface area (Å²) in [4.78, 5) is 19.0. The van der Waals surface area contributed by atoms with Crippen molar-refractivity contribution in [3.63, 3.8) is 0 Å². The van der Waals surface area contributed by atoms with Crippen LogP contribution in [0.1, 0.15) is 10.6 Å². The average molecular weight is 358 g/mol. The van der Waals surface area contributed by atoms with Crippen molar-refractivity contribution in [2.75, 3.05) is 6.54 Å². The van der Waals surface area contributed by atoms with Crippen LogP contribution in [0.15, 0.2) is 46.8 Å². The standard InChI is InChI=1S/C16H14N4O2S2/c1-3-8-20-14(22)13(9-11-6-4-5-7-12(11)21)24-16(20)17-15-19-18-10(2)23-15/h3-7,9,21H,1,8H2,2H3/b13-9-,17-16+. The van der Waals surface area contributed by atoms with Crippen molar-refractivity contribution >= 4 is 45.4 Å².